The number of rotatable bonds is 5. The number of alkyl halides is 3. The van der Waals surface area contributed by atoms with Crippen LogP contribution in [0.4, 0.5) is 24.5 Å². The molecule has 8 heteroatoms. The molecule has 128 valence electrons. The predicted octanol–water partition coefficient (Wildman–Crippen LogP) is 4.64. The normalized spacial score (nSPS) is 11.2. The van der Waals surface area contributed by atoms with Crippen molar-refractivity contribution in [2.75, 3.05) is 11.9 Å². The molecule has 4 nitrogen and oxygen atoms in total. The molecule has 0 saturated carbocycles. The molecule has 1 amide bonds. The van der Waals surface area contributed by atoms with E-state index in [1.807, 2.05) is 6.92 Å². The van der Waals surface area contributed by atoms with Gasteiger partial charge in [0.1, 0.15) is 0 Å². The molecule has 2 aromatic rings. The molecular weight excluding hydrogens is 343 g/mol. The maximum Gasteiger partial charge on any atom is 0.416 e. The first-order valence-electron chi connectivity index (χ1n) is 7.18. The summed E-state index contributed by atoms with van der Waals surface area (Å²) in [6, 6.07) is 4.47. The van der Waals surface area contributed by atoms with Crippen LogP contribution in [0.3, 0.4) is 0 Å². The summed E-state index contributed by atoms with van der Waals surface area (Å²) in [5, 5.41) is 5.59. The van der Waals surface area contributed by atoms with Crippen LogP contribution in [0.1, 0.15) is 29.3 Å². The highest BCUT2D eigenvalue weighted by molar-refractivity contribution is 6.33. The van der Waals surface area contributed by atoms with Gasteiger partial charge >= 0.3 is 6.18 Å². The van der Waals surface area contributed by atoms with Gasteiger partial charge in [-0.05, 0) is 30.7 Å². The molecule has 0 aliphatic rings. The summed E-state index contributed by atoms with van der Waals surface area (Å²) >= 11 is 5.94. The zero-order valence-corrected chi connectivity index (χ0v) is 13.5. The van der Waals surface area contributed by atoms with Crippen LogP contribution in [0.5, 0.6) is 0 Å². The van der Waals surface area contributed by atoms with Crippen molar-refractivity contribution in [3.05, 3.63) is 52.8 Å². The van der Waals surface area contributed by atoms with E-state index in [2.05, 4.69) is 15.6 Å². The smallest absolute Gasteiger partial charge is 0.353 e. The van der Waals surface area contributed by atoms with Crippen LogP contribution in [0.2, 0.25) is 5.02 Å². The van der Waals surface area contributed by atoms with Gasteiger partial charge in [0.15, 0.2) is 0 Å². The molecule has 2 rings (SSSR count). The fourth-order valence-corrected chi connectivity index (χ4v) is 2.09. The highest BCUT2D eigenvalue weighted by atomic mass is 35.5. The third kappa shape index (κ3) is 4.61. The van der Waals surface area contributed by atoms with Crippen molar-refractivity contribution in [2.24, 2.45) is 0 Å². The molecular formula is C16H15ClF3N3O. The minimum atomic E-state index is -4.47. The number of amides is 1. The third-order valence-electron chi connectivity index (χ3n) is 3.11. The maximum atomic E-state index is 12.8. The third-order valence-corrected chi connectivity index (χ3v) is 3.44. The van der Waals surface area contributed by atoms with Crippen molar-refractivity contribution in [1.29, 1.82) is 0 Å². The Labute approximate surface area is 142 Å². The number of nitrogens with one attached hydrogen (secondary N) is 2. The number of hydrogen-bond acceptors (Lipinski definition) is 3. The molecule has 0 fully saturated rings. The van der Waals surface area contributed by atoms with Gasteiger partial charge in [-0.15, -0.1) is 0 Å². The van der Waals surface area contributed by atoms with Gasteiger partial charge in [-0.1, -0.05) is 18.5 Å². The largest absolute Gasteiger partial charge is 0.416 e. The van der Waals surface area contributed by atoms with Gasteiger partial charge in [0.05, 0.1) is 33.7 Å². The number of halogens is 4. The Kier molecular flexibility index (Phi) is 5.66. The SMILES string of the molecule is CCCNC(=O)c1cncc(Nc2cc(C(F)(F)F)ccc2Cl)c1. The first-order valence-corrected chi connectivity index (χ1v) is 7.56. The van der Waals surface area contributed by atoms with E-state index in [-0.39, 0.29) is 16.6 Å². The number of benzene rings is 1. The highest BCUT2D eigenvalue weighted by Gasteiger charge is 2.31. The van der Waals surface area contributed by atoms with Crippen LogP contribution < -0.4 is 10.6 Å². The number of aromatic nitrogens is 1. The van der Waals surface area contributed by atoms with Crippen LogP contribution in [0.15, 0.2) is 36.7 Å². The van der Waals surface area contributed by atoms with Crippen molar-refractivity contribution in [2.45, 2.75) is 19.5 Å². The van der Waals surface area contributed by atoms with Crippen LogP contribution in [-0.2, 0) is 6.18 Å². The van der Waals surface area contributed by atoms with E-state index in [9.17, 15) is 18.0 Å². The molecule has 0 radical (unpaired) electrons. The number of hydrogen-bond donors (Lipinski definition) is 2. The van der Waals surface area contributed by atoms with E-state index in [0.717, 1.165) is 24.6 Å². The summed E-state index contributed by atoms with van der Waals surface area (Å²) in [6.07, 6.45) is -0.908. The molecule has 2 N–H and O–H groups in total. The lowest BCUT2D eigenvalue weighted by Gasteiger charge is -2.13. The molecule has 0 unspecified atom stereocenters. The average Bonchev–Trinajstić information content (AvgIpc) is 2.54. The lowest BCUT2D eigenvalue weighted by Crippen LogP contribution is -2.24. The molecule has 1 heterocycles. The molecule has 0 aliphatic heterocycles. The van der Waals surface area contributed by atoms with E-state index in [1.54, 1.807) is 0 Å². The van der Waals surface area contributed by atoms with Crippen LogP contribution >= 0.6 is 11.6 Å². The Balaban J connectivity index is 2.24. The number of carbonyl (C=O) groups excluding carboxylic acids is 1. The van der Waals surface area contributed by atoms with E-state index in [1.165, 1.54) is 18.5 Å². The summed E-state index contributed by atoms with van der Waals surface area (Å²) in [5.74, 6) is -0.303. The van der Waals surface area contributed by atoms with Crippen LogP contribution in [0, 0.1) is 0 Å². The van der Waals surface area contributed by atoms with Crippen molar-refractivity contribution in [3.63, 3.8) is 0 Å². The minimum Gasteiger partial charge on any atom is -0.353 e. The fraction of sp³-hybridized carbons (Fsp3) is 0.250. The number of pyridine rings is 1. The van der Waals surface area contributed by atoms with E-state index >= 15 is 0 Å². The predicted molar refractivity (Wildman–Crippen MR) is 86.6 cm³/mol. The monoisotopic (exact) mass is 357 g/mol. The molecule has 24 heavy (non-hydrogen) atoms. The summed E-state index contributed by atoms with van der Waals surface area (Å²) in [6.45, 7) is 2.45. The minimum absolute atomic E-state index is 0.0828. The highest BCUT2D eigenvalue weighted by Crippen LogP contribution is 2.34. The topological polar surface area (TPSA) is 54.0 Å². The number of nitrogens with zero attached hydrogens (tertiary/aromatic N) is 1. The standard InChI is InChI=1S/C16H15ClF3N3O/c1-2-5-22-15(24)10-6-12(9-21-8-10)23-14-7-11(16(18,19)20)3-4-13(14)17/h3-4,6-9,23H,2,5H2,1H3,(H,22,24). The first-order chi connectivity index (χ1) is 11.3. The zero-order valence-electron chi connectivity index (χ0n) is 12.7. The molecule has 0 saturated heterocycles. The lowest BCUT2D eigenvalue weighted by atomic mass is 10.2. The Hall–Kier alpha value is -2.28. The van der Waals surface area contributed by atoms with Crippen molar-refractivity contribution < 1.29 is 18.0 Å². The summed E-state index contributed by atoms with van der Waals surface area (Å²) in [4.78, 5) is 15.8. The summed E-state index contributed by atoms with van der Waals surface area (Å²) < 4.78 is 38.4. The molecule has 0 bridgehead atoms. The quantitative estimate of drug-likeness (QED) is 0.819. The van der Waals surface area contributed by atoms with E-state index in [0.29, 0.717) is 17.8 Å². The molecule has 0 atom stereocenters. The van der Waals surface area contributed by atoms with Gasteiger partial charge in [-0.2, -0.15) is 13.2 Å². The molecule has 0 spiro atoms. The van der Waals surface area contributed by atoms with Crippen molar-refractivity contribution >= 4 is 28.9 Å². The van der Waals surface area contributed by atoms with Crippen LogP contribution in [0.25, 0.3) is 0 Å². The molecule has 1 aromatic heterocycles. The van der Waals surface area contributed by atoms with Crippen molar-refractivity contribution in [3.8, 4) is 0 Å². The van der Waals surface area contributed by atoms with E-state index < -0.39 is 11.7 Å². The molecule has 1 aromatic carbocycles. The average molecular weight is 358 g/mol. The number of anilines is 2. The second kappa shape index (κ2) is 7.53. The van der Waals surface area contributed by atoms with Gasteiger partial charge < -0.3 is 10.6 Å². The Bertz CT molecular complexity index is 735. The Morgan fingerprint density at radius 3 is 2.67 bits per heavy atom. The van der Waals surface area contributed by atoms with Gasteiger partial charge in [0.25, 0.3) is 5.91 Å². The second-order valence-electron chi connectivity index (χ2n) is 5.04. The fourth-order valence-electron chi connectivity index (χ4n) is 1.93. The summed E-state index contributed by atoms with van der Waals surface area (Å²) in [7, 11) is 0. The second-order valence-corrected chi connectivity index (χ2v) is 5.44. The Morgan fingerprint density at radius 1 is 1.25 bits per heavy atom. The number of carbonyl (C=O) groups is 1. The van der Waals surface area contributed by atoms with Crippen LogP contribution in [-0.4, -0.2) is 17.4 Å². The first kappa shape index (κ1) is 18.1. The van der Waals surface area contributed by atoms with Crippen molar-refractivity contribution in [1.82, 2.24) is 10.3 Å². The van der Waals surface area contributed by atoms with E-state index in [4.69, 9.17) is 11.6 Å². The molecule has 0 aliphatic carbocycles. The van der Waals surface area contributed by atoms with Gasteiger partial charge in [0.2, 0.25) is 0 Å². The Morgan fingerprint density at radius 2 is 2.00 bits per heavy atom. The lowest BCUT2D eigenvalue weighted by molar-refractivity contribution is -0.137. The maximum absolute atomic E-state index is 12.8. The zero-order chi connectivity index (χ0) is 17.7. The van der Waals surface area contributed by atoms with Gasteiger partial charge in [-0.25, -0.2) is 0 Å². The van der Waals surface area contributed by atoms with Gasteiger partial charge in [0, 0.05) is 12.7 Å². The van der Waals surface area contributed by atoms with Gasteiger partial charge in [-0.3, -0.25) is 9.78 Å². The summed E-state index contributed by atoms with van der Waals surface area (Å²) in [5.41, 5.74) is -0.0736.